The Labute approximate surface area is 124 Å². The van der Waals surface area contributed by atoms with Gasteiger partial charge in [-0.15, -0.1) is 0 Å². The van der Waals surface area contributed by atoms with Crippen molar-refractivity contribution in [2.75, 3.05) is 25.0 Å². The molecule has 1 saturated carbocycles. The van der Waals surface area contributed by atoms with E-state index < -0.39 is 0 Å². The Kier molecular flexibility index (Phi) is 5.71. The summed E-state index contributed by atoms with van der Waals surface area (Å²) in [5.41, 5.74) is 6.85. The Balaban J connectivity index is 1.76. The summed E-state index contributed by atoms with van der Waals surface area (Å²) in [6.45, 7) is 1.14. The first-order valence-electron chi connectivity index (χ1n) is 7.10. The number of benzene rings is 1. The molecule has 2 rings (SSSR count). The van der Waals surface area contributed by atoms with Crippen molar-refractivity contribution < 1.29 is 14.3 Å². The van der Waals surface area contributed by atoms with Crippen LogP contribution in [0.25, 0.3) is 0 Å². The highest BCUT2D eigenvalue weighted by atomic mass is 16.5. The number of carbonyl (C=O) groups is 2. The van der Waals surface area contributed by atoms with Crippen LogP contribution in [0.4, 0.5) is 5.69 Å². The molecule has 6 heteroatoms. The lowest BCUT2D eigenvalue weighted by molar-refractivity contribution is -0.123. The molecule has 0 spiro atoms. The number of carbonyl (C=O) groups excluding carboxylic acids is 2. The van der Waals surface area contributed by atoms with Crippen molar-refractivity contribution >= 4 is 17.5 Å². The monoisotopic (exact) mass is 291 g/mol. The molecular formula is C15H21N3O3. The maximum atomic E-state index is 11.7. The second-order valence-electron chi connectivity index (χ2n) is 5.19. The van der Waals surface area contributed by atoms with Crippen molar-refractivity contribution in [3.05, 3.63) is 29.8 Å². The van der Waals surface area contributed by atoms with Gasteiger partial charge in [-0.25, -0.2) is 0 Å². The number of amides is 2. The molecule has 1 fully saturated rings. The lowest BCUT2D eigenvalue weighted by Crippen LogP contribution is -2.36. The summed E-state index contributed by atoms with van der Waals surface area (Å²) in [6.07, 6.45) is 2.54. The fourth-order valence-corrected chi connectivity index (χ4v) is 1.82. The molecule has 0 atom stereocenters. The number of hydrogen-bond donors (Lipinski definition) is 3. The molecule has 4 N–H and O–H groups in total. The first kappa shape index (κ1) is 15.5. The predicted octanol–water partition coefficient (Wildman–Crippen LogP) is 0.627. The molecule has 0 heterocycles. The highest BCUT2D eigenvalue weighted by Gasteiger charge is 2.20. The maximum Gasteiger partial charge on any atom is 0.243 e. The van der Waals surface area contributed by atoms with Gasteiger partial charge in [-0.1, -0.05) is 12.1 Å². The Morgan fingerprint density at radius 1 is 1.29 bits per heavy atom. The van der Waals surface area contributed by atoms with Crippen molar-refractivity contribution in [1.29, 1.82) is 0 Å². The normalized spacial score (nSPS) is 13.8. The van der Waals surface area contributed by atoms with Gasteiger partial charge >= 0.3 is 0 Å². The second-order valence-corrected chi connectivity index (χ2v) is 5.19. The molecule has 2 amide bonds. The van der Waals surface area contributed by atoms with Crippen molar-refractivity contribution in [3.8, 4) is 0 Å². The van der Waals surface area contributed by atoms with Gasteiger partial charge < -0.3 is 21.1 Å². The van der Waals surface area contributed by atoms with Gasteiger partial charge in [0, 0.05) is 12.3 Å². The summed E-state index contributed by atoms with van der Waals surface area (Å²) in [5.74, 6) is 0.0965. The molecule has 1 aromatic carbocycles. The zero-order chi connectivity index (χ0) is 15.1. The minimum atomic E-state index is -0.354. The largest absolute Gasteiger partial charge is 0.376 e. The number of ether oxygens (including phenoxy) is 1. The van der Waals surface area contributed by atoms with Gasteiger partial charge in [0.2, 0.25) is 11.8 Å². The summed E-state index contributed by atoms with van der Waals surface area (Å²) in [6, 6.07) is 7.49. The minimum absolute atomic E-state index is 0.0849. The molecule has 0 saturated heterocycles. The van der Waals surface area contributed by atoms with Crippen molar-refractivity contribution in [1.82, 2.24) is 5.32 Å². The minimum Gasteiger partial charge on any atom is -0.376 e. The molecule has 1 aliphatic rings. The summed E-state index contributed by atoms with van der Waals surface area (Å²) in [4.78, 5) is 22.6. The number of nitrogens with two attached hydrogens (primary N) is 1. The van der Waals surface area contributed by atoms with Crippen LogP contribution in [0.3, 0.4) is 0 Å². The van der Waals surface area contributed by atoms with Crippen molar-refractivity contribution in [3.63, 3.8) is 0 Å². The third-order valence-electron chi connectivity index (χ3n) is 3.16. The van der Waals surface area contributed by atoms with Crippen LogP contribution in [0, 0.1) is 5.92 Å². The van der Waals surface area contributed by atoms with Gasteiger partial charge in [-0.3, -0.25) is 9.59 Å². The van der Waals surface area contributed by atoms with Gasteiger partial charge in [0.05, 0.1) is 19.7 Å². The maximum absolute atomic E-state index is 11.7. The molecule has 21 heavy (non-hydrogen) atoms. The number of hydrogen-bond acceptors (Lipinski definition) is 4. The average molecular weight is 291 g/mol. The fraction of sp³-hybridized carbons (Fsp3) is 0.467. The molecule has 1 aromatic rings. The first-order valence-corrected chi connectivity index (χ1v) is 7.10. The van der Waals surface area contributed by atoms with E-state index in [0.717, 1.165) is 18.1 Å². The second kappa shape index (κ2) is 7.75. The Bertz CT molecular complexity index is 501. The number of anilines is 1. The molecule has 0 aromatic heterocycles. The SMILES string of the molecule is NCC(=O)NCC(=O)Nc1cccc(COCC2CC2)c1. The van der Waals surface area contributed by atoms with Crippen LogP contribution < -0.4 is 16.4 Å². The molecule has 0 unspecified atom stereocenters. The van der Waals surface area contributed by atoms with Gasteiger partial charge in [0.1, 0.15) is 0 Å². The van der Waals surface area contributed by atoms with Gasteiger partial charge in [0.25, 0.3) is 0 Å². The predicted molar refractivity (Wildman–Crippen MR) is 79.5 cm³/mol. The zero-order valence-electron chi connectivity index (χ0n) is 11.9. The molecular weight excluding hydrogens is 270 g/mol. The van der Waals surface area contributed by atoms with E-state index in [1.54, 1.807) is 6.07 Å². The lowest BCUT2D eigenvalue weighted by Gasteiger charge is -2.08. The fourth-order valence-electron chi connectivity index (χ4n) is 1.82. The van der Waals surface area contributed by atoms with Crippen molar-refractivity contribution in [2.45, 2.75) is 19.4 Å². The summed E-state index contributed by atoms with van der Waals surface area (Å²) in [5, 5.41) is 5.14. The number of rotatable bonds is 8. The van der Waals surface area contributed by atoms with E-state index in [4.69, 9.17) is 10.5 Å². The zero-order valence-corrected chi connectivity index (χ0v) is 11.9. The average Bonchev–Trinajstić information content (AvgIpc) is 3.29. The van der Waals surface area contributed by atoms with E-state index >= 15 is 0 Å². The summed E-state index contributed by atoms with van der Waals surface area (Å²) in [7, 11) is 0. The highest BCUT2D eigenvalue weighted by Crippen LogP contribution is 2.29. The topological polar surface area (TPSA) is 93.5 Å². The Morgan fingerprint density at radius 2 is 2.10 bits per heavy atom. The van der Waals surface area contributed by atoms with Crippen LogP contribution in [-0.2, 0) is 20.9 Å². The standard InChI is InChI=1S/C15H21N3O3/c16-7-14(19)17-8-15(20)18-13-3-1-2-12(6-13)10-21-9-11-4-5-11/h1-3,6,11H,4-5,7-10,16H2,(H,17,19)(H,18,20). The Morgan fingerprint density at radius 3 is 2.81 bits per heavy atom. The lowest BCUT2D eigenvalue weighted by atomic mass is 10.2. The molecule has 114 valence electrons. The first-order chi connectivity index (χ1) is 10.2. The molecule has 0 aliphatic heterocycles. The third-order valence-corrected chi connectivity index (χ3v) is 3.16. The quantitative estimate of drug-likeness (QED) is 0.655. The van der Waals surface area contributed by atoms with Gasteiger partial charge in [0.15, 0.2) is 0 Å². The third kappa shape index (κ3) is 5.93. The van der Waals surface area contributed by atoms with E-state index in [1.165, 1.54) is 12.8 Å². The van der Waals surface area contributed by atoms with Gasteiger partial charge in [-0.2, -0.15) is 0 Å². The number of nitrogens with one attached hydrogen (secondary N) is 2. The summed E-state index contributed by atoms with van der Waals surface area (Å²) < 4.78 is 5.61. The van der Waals surface area contributed by atoms with Crippen molar-refractivity contribution in [2.24, 2.45) is 11.7 Å². The van der Waals surface area contributed by atoms with E-state index in [1.807, 2.05) is 18.2 Å². The summed E-state index contributed by atoms with van der Waals surface area (Å²) >= 11 is 0. The van der Waals surface area contributed by atoms with Crippen LogP contribution in [0.1, 0.15) is 18.4 Å². The van der Waals surface area contributed by atoms with Crippen LogP contribution in [0.5, 0.6) is 0 Å². The van der Waals surface area contributed by atoms with E-state index in [-0.39, 0.29) is 24.9 Å². The highest BCUT2D eigenvalue weighted by molar-refractivity contribution is 5.94. The van der Waals surface area contributed by atoms with Crippen LogP contribution >= 0.6 is 0 Å². The van der Waals surface area contributed by atoms with Crippen LogP contribution in [0.2, 0.25) is 0 Å². The smallest absolute Gasteiger partial charge is 0.243 e. The molecule has 0 radical (unpaired) electrons. The molecule has 1 aliphatic carbocycles. The van der Waals surface area contributed by atoms with Gasteiger partial charge in [-0.05, 0) is 36.5 Å². The van der Waals surface area contributed by atoms with Crippen LogP contribution in [-0.4, -0.2) is 31.5 Å². The molecule has 6 nitrogen and oxygen atoms in total. The Hall–Kier alpha value is -1.92. The molecule has 0 bridgehead atoms. The van der Waals surface area contributed by atoms with E-state index in [9.17, 15) is 9.59 Å². The van der Waals surface area contributed by atoms with Crippen LogP contribution in [0.15, 0.2) is 24.3 Å². The van der Waals surface area contributed by atoms with E-state index in [0.29, 0.717) is 12.3 Å². The van der Waals surface area contributed by atoms with E-state index in [2.05, 4.69) is 10.6 Å².